The maximum Gasteiger partial charge on any atom is 0.335 e. The van der Waals surface area contributed by atoms with Crippen LogP contribution in [0.1, 0.15) is 67.7 Å². The highest BCUT2D eigenvalue weighted by atomic mass is 16.4. The first kappa shape index (κ1) is 28.3. The SMILES string of the molecule is CCCC(C(O)CC)C(O)C(C)C.O=C(O)c1ccccc1.O=C(O)c1ccccc1. The highest BCUT2D eigenvalue weighted by Crippen LogP contribution is 2.23. The van der Waals surface area contributed by atoms with E-state index in [4.69, 9.17) is 10.2 Å². The van der Waals surface area contributed by atoms with Crippen LogP contribution >= 0.6 is 0 Å². The Kier molecular flexibility index (Phi) is 14.7. The van der Waals surface area contributed by atoms with Crippen LogP contribution in [0.3, 0.4) is 0 Å². The fourth-order valence-electron chi connectivity index (χ4n) is 2.88. The third-order valence-electron chi connectivity index (χ3n) is 4.70. The lowest BCUT2D eigenvalue weighted by Crippen LogP contribution is -2.34. The van der Waals surface area contributed by atoms with Gasteiger partial charge in [0.05, 0.1) is 23.3 Å². The van der Waals surface area contributed by atoms with Crippen LogP contribution in [-0.2, 0) is 0 Å². The van der Waals surface area contributed by atoms with Crippen molar-refractivity contribution in [1.82, 2.24) is 0 Å². The zero-order valence-electron chi connectivity index (χ0n) is 18.8. The summed E-state index contributed by atoms with van der Waals surface area (Å²) < 4.78 is 0. The van der Waals surface area contributed by atoms with Crippen molar-refractivity contribution < 1.29 is 30.0 Å². The molecule has 0 aliphatic rings. The van der Waals surface area contributed by atoms with E-state index in [1.807, 2.05) is 20.8 Å². The van der Waals surface area contributed by atoms with Gasteiger partial charge in [-0.1, -0.05) is 70.5 Å². The normalized spacial score (nSPS) is 13.0. The summed E-state index contributed by atoms with van der Waals surface area (Å²) in [5.74, 6) is -1.47. The molecule has 0 radical (unpaired) electrons. The minimum absolute atomic E-state index is 0.0509. The predicted octanol–water partition coefficient (Wildman–Crippen LogP) is 4.96. The average molecular weight is 433 g/mol. The molecule has 4 N–H and O–H groups in total. The highest BCUT2D eigenvalue weighted by Gasteiger charge is 2.26. The lowest BCUT2D eigenvalue weighted by Gasteiger charge is -2.29. The van der Waals surface area contributed by atoms with E-state index in [1.54, 1.807) is 60.7 Å². The standard InChI is InChI=1S/C11H24O2.2C7H6O2/c1-5-7-9(10(12)6-2)11(13)8(3)4;2*8-7(9)6-4-2-1-3-5-6/h8-13H,5-7H2,1-4H3;2*1-5H,(H,8,9). The minimum atomic E-state index is -0.879. The van der Waals surface area contributed by atoms with Gasteiger partial charge in [0.15, 0.2) is 0 Å². The van der Waals surface area contributed by atoms with E-state index in [1.165, 1.54) is 0 Å². The molecule has 3 atom stereocenters. The Bertz CT molecular complexity index is 681. The van der Waals surface area contributed by atoms with Crippen LogP contribution in [-0.4, -0.2) is 44.6 Å². The van der Waals surface area contributed by atoms with E-state index < -0.39 is 11.9 Å². The van der Waals surface area contributed by atoms with Gasteiger partial charge in [-0.3, -0.25) is 0 Å². The van der Waals surface area contributed by atoms with Gasteiger partial charge in [-0.25, -0.2) is 9.59 Å². The summed E-state index contributed by atoms with van der Waals surface area (Å²) in [5, 5.41) is 36.3. The van der Waals surface area contributed by atoms with Crippen molar-refractivity contribution in [3.05, 3.63) is 71.8 Å². The average Bonchev–Trinajstić information content (AvgIpc) is 2.78. The van der Waals surface area contributed by atoms with Gasteiger partial charge < -0.3 is 20.4 Å². The molecule has 0 aliphatic heterocycles. The molecule has 6 heteroatoms. The van der Waals surface area contributed by atoms with Crippen LogP contribution < -0.4 is 0 Å². The fourth-order valence-corrected chi connectivity index (χ4v) is 2.88. The summed E-state index contributed by atoms with van der Waals surface area (Å²) in [5.41, 5.74) is 0.662. The molecule has 2 aromatic rings. The van der Waals surface area contributed by atoms with Crippen LogP contribution in [0.2, 0.25) is 0 Å². The Hall–Kier alpha value is -2.70. The minimum Gasteiger partial charge on any atom is -0.478 e. The molecule has 2 rings (SSSR count). The molecule has 0 aromatic heterocycles. The summed E-state index contributed by atoms with van der Waals surface area (Å²) in [6.07, 6.45) is 1.95. The van der Waals surface area contributed by atoms with E-state index in [0.717, 1.165) is 19.3 Å². The number of benzene rings is 2. The van der Waals surface area contributed by atoms with Gasteiger partial charge in [-0.15, -0.1) is 0 Å². The lowest BCUT2D eigenvalue weighted by molar-refractivity contribution is -0.0165. The second-order valence-electron chi connectivity index (χ2n) is 7.51. The van der Waals surface area contributed by atoms with Crippen molar-refractivity contribution in [3.63, 3.8) is 0 Å². The number of carbonyl (C=O) groups is 2. The summed E-state index contributed by atoms with van der Waals surface area (Å²) in [6, 6.07) is 16.6. The quantitative estimate of drug-likeness (QED) is 0.469. The third kappa shape index (κ3) is 11.9. The van der Waals surface area contributed by atoms with Crippen molar-refractivity contribution >= 4 is 11.9 Å². The number of hydrogen-bond acceptors (Lipinski definition) is 4. The van der Waals surface area contributed by atoms with E-state index in [9.17, 15) is 19.8 Å². The first-order valence-corrected chi connectivity index (χ1v) is 10.6. The van der Waals surface area contributed by atoms with Gasteiger partial charge in [0.2, 0.25) is 0 Å². The summed E-state index contributed by atoms with van der Waals surface area (Å²) in [7, 11) is 0. The summed E-state index contributed by atoms with van der Waals surface area (Å²) in [4.78, 5) is 20.4. The zero-order valence-corrected chi connectivity index (χ0v) is 18.8. The third-order valence-corrected chi connectivity index (χ3v) is 4.70. The van der Waals surface area contributed by atoms with E-state index in [-0.39, 0.29) is 24.0 Å². The van der Waals surface area contributed by atoms with Crippen molar-refractivity contribution in [2.24, 2.45) is 11.8 Å². The molecule has 0 bridgehead atoms. The Morgan fingerprint density at radius 3 is 1.39 bits per heavy atom. The number of rotatable bonds is 8. The maximum absolute atomic E-state index is 10.2. The van der Waals surface area contributed by atoms with E-state index >= 15 is 0 Å². The van der Waals surface area contributed by atoms with Crippen LogP contribution in [0.4, 0.5) is 0 Å². The van der Waals surface area contributed by atoms with Crippen LogP contribution in [0.25, 0.3) is 0 Å². The number of aromatic carboxylic acids is 2. The maximum atomic E-state index is 10.2. The van der Waals surface area contributed by atoms with Gasteiger partial charge in [-0.05, 0) is 43.0 Å². The molecule has 0 amide bonds. The number of hydrogen-bond donors (Lipinski definition) is 4. The second-order valence-corrected chi connectivity index (χ2v) is 7.51. The monoisotopic (exact) mass is 432 g/mol. The smallest absolute Gasteiger partial charge is 0.335 e. The van der Waals surface area contributed by atoms with Crippen molar-refractivity contribution in [1.29, 1.82) is 0 Å². The number of carboxylic acid groups (broad SMARTS) is 2. The molecule has 6 nitrogen and oxygen atoms in total. The number of aliphatic hydroxyl groups is 2. The second kappa shape index (κ2) is 16.1. The Balaban J connectivity index is 0.000000445. The van der Waals surface area contributed by atoms with Gasteiger partial charge >= 0.3 is 11.9 Å². The molecule has 172 valence electrons. The van der Waals surface area contributed by atoms with E-state index in [2.05, 4.69) is 6.92 Å². The Labute approximate surface area is 185 Å². The first-order valence-electron chi connectivity index (χ1n) is 10.6. The molecule has 0 spiro atoms. The Morgan fingerprint density at radius 1 is 0.774 bits per heavy atom. The van der Waals surface area contributed by atoms with Crippen LogP contribution in [0.15, 0.2) is 60.7 Å². The molecule has 3 unspecified atom stereocenters. The summed E-state index contributed by atoms with van der Waals surface area (Å²) in [6.45, 7) is 8.04. The largest absolute Gasteiger partial charge is 0.478 e. The van der Waals surface area contributed by atoms with Crippen LogP contribution in [0.5, 0.6) is 0 Å². The van der Waals surface area contributed by atoms with Crippen LogP contribution in [0, 0.1) is 11.8 Å². The first-order chi connectivity index (χ1) is 14.6. The fraction of sp³-hybridized carbons (Fsp3) is 0.440. The molecular weight excluding hydrogens is 396 g/mol. The predicted molar refractivity (Wildman–Crippen MR) is 122 cm³/mol. The lowest BCUT2D eigenvalue weighted by atomic mass is 9.84. The molecule has 0 heterocycles. The molecule has 31 heavy (non-hydrogen) atoms. The van der Waals surface area contributed by atoms with Gasteiger partial charge in [0, 0.05) is 5.92 Å². The molecule has 2 aromatic carbocycles. The number of carboxylic acids is 2. The van der Waals surface area contributed by atoms with Gasteiger partial charge in [-0.2, -0.15) is 0 Å². The number of aliphatic hydroxyl groups excluding tert-OH is 2. The van der Waals surface area contributed by atoms with Crippen molar-refractivity contribution in [2.45, 2.75) is 59.2 Å². The van der Waals surface area contributed by atoms with Crippen molar-refractivity contribution in [2.75, 3.05) is 0 Å². The van der Waals surface area contributed by atoms with Gasteiger partial charge in [0.25, 0.3) is 0 Å². The molecule has 0 saturated heterocycles. The summed E-state index contributed by atoms with van der Waals surface area (Å²) >= 11 is 0. The Morgan fingerprint density at radius 2 is 1.16 bits per heavy atom. The van der Waals surface area contributed by atoms with Crippen molar-refractivity contribution in [3.8, 4) is 0 Å². The van der Waals surface area contributed by atoms with E-state index in [0.29, 0.717) is 11.1 Å². The zero-order chi connectivity index (χ0) is 23.8. The molecule has 0 fully saturated rings. The molecule has 0 aliphatic carbocycles. The molecule has 0 saturated carbocycles. The highest BCUT2D eigenvalue weighted by molar-refractivity contribution is 5.87. The molecular formula is C25H36O6. The van der Waals surface area contributed by atoms with Gasteiger partial charge in [0.1, 0.15) is 0 Å². The topological polar surface area (TPSA) is 115 Å².